The standard InChI is InChI=1S/C21H39N7O8/c1-21(32)7-33-19(14(31)17(21)26-2)36-16-12(27-8-29)5-10(23)15(13(16)30)35-18-11(28-20(24)25)4-3-9(6-22)34-18/h3,8,10-19,26,30-32H,4-7,22-23H2,1-2H3,(H,27,29)(H4,24,25,28)/t10-,11+,12+,13-,14+,15+,16-,17+,18+,19+,21-/m0/s1. The number of nitrogens with one attached hydrogen (secondary N) is 2. The molecule has 2 fully saturated rings. The van der Waals surface area contributed by atoms with Crippen molar-refractivity contribution in [2.75, 3.05) is 20.2 Å². The molecule has 0 bridgehead atoms. The Hall–Kier alpha value is -2.08. The highest BCUT2D eigenvalue weighted by atomic mass is 16.7. The highest BCUT2D eigenvalue weighted by Crippen LogP contribution is 2.32. The molecule has 0 radical (unpaired) electrons. The lowest BCUT2D eigenvalue weighted by Crippen LogP contribution is -2.69. The summed E-state index contributed by atoms with van der Waals surface area (Å²) in [5.41, 5.74) is 21.8. The smallest absolute Gasteiger partial charge is 0.222 e. The average molecular weight is 518 g/mol. The zero-order chi connectivity index (χ0) is 26.6. The Labute approximate surface area is 209 Å². The molecule has 0 aromatic carbocycles. The maximum absolute atomic E-state index is 11.3. The van der Waals surface area contributed by atoms with E-state index in [1.807, 2.05) is 0 Å². The lowest BCUT2D eigenvalue weighted by molar-refractivity contribution is -0.303. The summed E-state index contributed by atoms with van der Waals surface area (Å²) >= 11 is 0. The number of hydrogen-bond donors (Lipinski definition) is 9. The number of aliphatic hydroxyl groups excluding tert-OH is 2. The van der Waals surface area contributed by atoms with E-state index in [1.165, 1.54) is 6.92 Å². The summed E-state index contributed by atoms with van der Waals surface area (Å²) in [4.78, 5) is 15.4. The van der Waals surface area contributed by atoms with E-state index in [2.05, 4.69) is 15.6 Å². The molecule has 1 saturated carbocycles. The molecule has 13 N–H and O–H groups in total. The molecule has 0 aromatic rings. The van der Waals surface area contributed by atoms with Crippen molar-refractivity contribution in [3.63, 3.8) is 0 Å². The minimum absolute atomic E-state index is 0.123. The molecule has 15 heteroatoms. The Morgan fingerprint density at radius 3 is 2.58 bits per heavy atom. The van der Waals surface area contributed by atoms with Gasteiger partial charge in [-0.1, -0.05) is 0 Å². The van der Waals surface area contributed by atoms with E-state index >= 15 is 0 Å². The van der Waals surface area contributed by atoms with Gasteiger partial charge in [0.2, 0.25) is 12.7 Å². The van der Waals surface area contributed by atoms with Gasteiger partial charge in [0.1, 0.15) is 41.8 Å². The lowest BCUT2D eigenvalue weighted by Gasteiger charge is -2.48. The van der Waals surface area contributed by atoms with Crippen LogP contribution in [0, 0.1) is 0 Å². The van der Waals surface area contributed by atoms with Crippen LogP contribution in [0.25, 0.3) is 0 Å². The summed E-state index contributed by atoms with van der Waals surface area (Å²) in [5, 5.41) is 38.0. The number of nitrogens with zero attached hydrogens (tertiary/aromatic N) is 1. The number of rotatable bonds is 9. The van der Waals surface area contributed by atoms with Gasteiger partial charge in [0, 0.05) is 6.04 Å². The number of carbonyl (C=O) groups excluding carboxylic acids is 1. The highest BCUT2D eigenvalue weighted by Gasteiger charge is 2.51. The van der Waals surface area contributed by atoms with Gasteiger partial charge < -0.3 is 67.8 Å². The molecule has 36 heavy (non-hydrogen) atoms. The molecule has 15 nitrogen and oxygen atoms in total. The second-order valence-corrected chi connectivity index (χ2v) is 9.49. The number of carbonyl (C=O) groups is 1. The van der Waals surface area contributed by atoms with Crippen LogP contribution < -0.4 is 33.6 Å². The van der Waals surface area contributed by atoms with Crippen LogP contribution in [0.5, 0.6) is 0 Å². The predicted molar refractivity (Wildman–Crippen MR) is 127 cm³/mol. The van der Waals surface area contributed by atoms with Crippen LogP contribution in [-0.4, -0.2) is 115 Å². The number of likely N-dealkylation sites (N-methyl/N-ethyl adjacent to an activating group) is 1. The SMILES string of the molecule is CN[C@@H]1[C@@H](O)[C@@H](O[C@@H]2[C@@H](O)[C@H](O[C@H]3OC(CN)=CC[C@H]3N=C(N)N)[C@@H](N)C[C@H]2NC=O)OC[C@]1(C)O. The van der Waals surface area contributed by atoms with Gasteiger partial charge in [-0.05, 0) is 32.9 Å². The lowest BCUT2D eigenvalue weighted by atomic mass is 9.83. The number of aliphatic hydroxyl groups is 3. The second-order valence-electron chi connectivity index (χ2n) is 9.49. The summed E-state index contributed by atoms with van der Waals surface area (Å²) in [5.74, 6) is 0.309. The Morgan fingerprint density at radius 1 is 1.28 bits per heavy atom. The topological polar surface area (TPSA) is 255 Å². The van der Waals surface area contributed by atoms with E-state index < -0.39 is 66.8 Å². The number of ether oxygens (including phenoxy) is 4. The first-order valence-corrected chi connectivity index (χ1v) is 11.8. The van der Waals surface area contributed by atoms with Crippen molar-refractivity contribution in [2.24, 2.45) is 27.9 Å². The number of guanidine groups is 1. The van der Waals surface area contributed by atoms with E-state index in [9.17, 15) is 20.1 Å². The van der Waals surface area contributed by atoms with Crippen LogP contribution >= 0.6 is 0 Å². The summed E-state index contributed by atoms with van der Waals surface area (Å²) < 4.78 is 23.4. The fraction of sp³-hybridized carbons (Fsp3) is 0.810. The van der Waals surface area contributed by atoms with E-state index in [1.54, 1.807) is 13.1 Å². The number of nitrogens with two attached hydrogens (primary N) is 4. The molecule has 0 aromatic heterocycles. The van der Waals surface area contributed by atoms with Gasteiger partial charge in [-0.15, -0.1) is 0 Å². The third kappa shape index (κ3) is 6.24. The largest absolute Gasteiger partial charge is 0.466 e. The molecule has 2 heterocycles. The van der Waals surface area contributed by atoms with Crippen molar-refractivity contribution in [2.45, 2.75) is 86.5 Å². The summed E-state index contributed by atoms with van der Waals surface area (Å²) in [6.07, 6.45) is -4.24. The first-order chi connectivity index (χ1) is 17.0. The Morgan fingerprint density at radius 2 is 1.97 bits per heavy atom. The Bertz CT molecular complexity index is 811. The molecular formula is C21H39N7O8. The van der Waals surface area contributed by atoms with Crippen LogP contribution in [0.15, 0.2) is 16.8 Å². The maximum atomic E-state index is 11.3. The first kappa shape index (κ1) is 28.5. The molecule has 206 valence electrons. The van der Waals surface area contributed by atoms with Gasteiger partial charge in [-0.3, -0.25) is 4.79 Å². The van der Waals surface area contributed by atoms with Gasteiger partial charge in [0.25, 0.3) is 0 Å². The van der Waals surface area contributed by atoms with Crippen molar-refractivity contribution >= 4 is 12.4 Å². The van der Waals surface area contributed by atoms with Gasteiger partial charge in [-0.2, -0.15) is 0 Å². The molecule has 0 spiro atoms. The zero-order valence-corrected chi connectivity index (χ0v) is 20.4. The van der Waals surface area contributed by atoms with Gasteiger partial charge in [-0.25, -0.2) is 4.99 Å². The Balaban J connectivity index is 1.81. The molecule has 3 rings (SSSR count). The van der Waals surface area contributed by atoms with Crippen LogP contribution in [0.4, 0.5) is 0 Å². The van der Waals surface area contributed by atoms with E-state index in [0.717, 1.165) is 0 Å². The molecule has 1 aliphatic carbocycles. The molecule has 1 amide bonds. The summed E-state index contributed by atoms with van der Waals surface area (Å²) in [6, 6.07) is -2.85. The van der Waals surface area contributed by atoms with Crippen molar-refractivity contribution in [1.82, 2.24) is 10.6 Å². The van der Waals surface area contributed by atoms with Crippen LogP contribution in [-0.2, 0) is 23.7 Å². The number of aliphatic imine (C=N–C) groups is 1. The van der Waals surface area contributed by atoms with E-state index in [-0.39, 0.29) is 25.5 Å². The fourth-order valence-electron chi connectivity index (χ4n) is 4.92. The highest BCUT2D eigenvalue weighted by molar-refractivity contribution is 5.75. The van der Waals surface area contributed by atoms with Crippen LogP contribution in [0.1, 0.15) is 19.8 Å². The quantitative estimate of drug-likeness (QED) is 0.0792. The average Bonchev–Trinajstić information content (AvgIpc) is 2.81. The van der Waals surface area contributed by atoms with Gasteiger partial charge in [0.15, 0.2) is 12.2 Å². The van der Waals surface area contributed by atoms with E-state index in [0.29, 0.717) is 18.6 Å². The predicted octanol–water partition coefficient (Wildman–Crippen LogP) is -4.75. The van der Waals surface area contributed by atoms with Crippen molar-refractivity contribution in [3.05, 3.63) is 11.8 Å². The molecule has 3 aliphatic rings. The number of amides is 1. The van der Waals surface area contributed by atoms with Gasteiger partial charge in [0.05, 0.1) is 25.2 Å². The molecule has 1 saturated heterocycles. The zero-order valence-electron chi connectivity index (χ0n) is 20.4. The van der Waals surface area contributed by atoms with Crippen molar-refractivity contribution < 1.29 is 39.1 Å². The molecule has 2 aliphatic heterocycles. The third-order valence-corrected chi connectivity index (χ3v) is 6.71. The third-order valence-electron chi connectivity index (χ3n) is 6.71. The minimum atomic E-state index is -1.38. The molecule has 0 unspecified atom stereocenters. The summed E-state index contributed by atoms with van der Waals surface area (Å²) in [7, 11) is 1.58. The monoisotopic (exact) mass is 517 g/mol. The van der Waals surface area contributed by atoms with Crippen LogP contribution in [0.2, 0.25) is 0 Å². The van der Waals surface area contributed by atoms with Crippen LogP contribution in [0.3, 0.4) is 0 Å². The summed E-state index contributed by atoms with van der Waals surface area (Å²) in [6.45, 7) is 1.50. The van der Waals surface area contributed by atoms with Crippen molar-refractivity contribution in [1.29, 1.82) is 0 Å². The van der Waals surface area contributed by atoms with Crippen molar-refractivity contribution in [3.8, 4) is 0 Å². The normalized spacial score (nSPS) is 43.1. The van der Waals surface area contributed by atoms with E-state index in [4.69, 9.17) is 41.9 Å². The fourth-order valence-corrected chi connectivity index (χ4v) is 4.92. The minimum Gasteiger partial charge on any atom is -0.466 e. The molecule has 11 atom stereocenters. The Kier molecular flexibility index (Phi) is 9.48. The number of hydrogen-bond acceptors (Lipinski definition) is 12. The second kappa shape index (κ2) is 12.0. The maximum Gasteiger partial charge on any atom is 0.222 e. The van der Waals surface area contributed by atoms with Gasteiger partial charge >= 0.3 is 0 Å². The first-order valence-electron chi connectivity index (χ1n) is 11.8. The molecular weight excluding hydrogens is 478 g/mol.